The number of H-pyrrole nitrogens is 1. The number of nitrogen functional groups attached to an aromatic ring is 1. The quantitative estimate of drug-likeness (QED) is 0.292. The van der Waals surface area contributed by atoms with Gasteiger partial charge < -0.3 is 10.3 Å². The van der Waals surface area contributed by atoms with E-state index in [4.69, 9.17) is 18.0 Å². The minimum absolute atomic E-state index is 0.0107. The molecule has 11 heteroatoms. The molecule has 0 unspecified atom stereocenters. The van der Waals surface area contributed by atoms with Crippen LogP contribution >= 0.6 is 12.2 Å². The normalized spacial score (nSPS) is 11.6. The SMILES string of the molecule is Cc1n[nH]c(=S)n(/N=C/c2nc(N)nc3c2c(=O)n(C)c2ccccc32)c1=O. The fraction of sp³-hybridized carbons (Fsp3) is 0.118. The monoisotopic (exact) mass is 394 g/mol. The van der Waals surface area contributed by atoms with Gasteiger partial charge in [0.15, 0.2) is 0 Å². The molecule has 3 aromatic heterocycles. The molecule has 0 spiro atoms. The fourth-order valence-corrected chi connectivity index (χ4v) is 3.10. The lowest BCUT2D eigenvalue weighted by Crippen LogP contribution is -2.23. The van der Waals surface area contributed by atoms with Gasteiger partial charge in [0, 0.05) is 12.4 Å². The van der Waals surface area contributed by atoms with Crippen molar-refractivity contribution < 1.29 is 0 Å². The van der Waals surface area contributed by atoms with Crippen molar-refractivity contribution in [1.29, 1.82) is 0 Å². The molecule has 0 bridgehead atoms. The second-order valence-corrected chi connectivity index (χ2v) is 6.43. The molecule has 28 heavy (non-hydrogen) atoms. The average Bonchev–Trinajstić information content (AvgIpc) is 2.68. The van der Waals surface area contributed by atoms with Gasteiger partial charge in [-0.1, -0.05) is 18.2 Å². The van der Waals surface area contributed by atoms with Crippen molar-refractivity contribution in [3.05, 3.63) is 61.1 Å². The minimum atomic E-state index is -0.482. The molecule has 3 heterocycles. The van der Waals surface area contributed by atoms with Crippen LogP contribution in [-0.2, 0) is 7.05 Å². The van der Waals surface area contributed by atoms with Crippen LogP contribution in [0.3, 0.4) is 0 Å². The van der Waals surface area contributed by atoms with Gasteiger partial charge >= 0.3 is 0 Å². The van der Waals surface area contributed by atoms with Gasteiger partial charge in [-0.25, -0.2) is 9.97 Å². The molecule has 0 amide bonds. The third kappa shape index (κ3) is 2.68. The first kappa shape index (κ1) is 17.7. The van der Waals surface area contributed by atoms with Crippen LogP contribution < -0.4 is 16.9 Å². The molecule has 140 valence electrons. The predicted octanol–water partition coefficient (Wildman–Crippen LogP) is 0.869. The topological polar surface area (TPSA) is 137 Å². The Morgan fingerprint density at radius 2 is 1.96 bits per heavy atom. The summed E-state index contributed by atoms with van der Waals surface area (Å²) in [7, 11) is 1.66. The summed E-state index contributed by atoms with van der Waals surface area (Å²) in [4.78, 5) is 33.6. The Labute approximate surface area is 162 Å². The zero-order chi connectivity index (χ0) is 20.0. The van der Waals surface area contributed by atoms with Crippen molar-refractivity contribution >= 4 is 46.2 Å². The molecular weight excluding hydrogens is 380 g/mol. The van der Waals surface area contributed by atoms with Crippen molar-refractivity contribution in [3.63, 3.8) is 0 Å². The molecule has 4 aromatic rings. The van der Waals surface area contributed by atoms with Crippen molar-refractivity contribution in [2.45, 2.75) is 6.92 Å². The number of hydrogen-bond donors (Lipinski definition) is 2. The van der Waals surface area contributed by atoms with Crippen molar-refractivity contribution in [1.82, 2.24) is 29.4 Å². The van der Waals surface area contributed by atoms with E-state index in [0.717, 1.165) is 10.1 Å². The van der Waals surface area contributed by atoms with Gasteiger partial charge in [0.25, 0.3) is 11.1 Å². The summed E-state index contributed by atoms with van der Waals surface area (Å²) >= 11 is 5.05. The zero-order valence-corrected chi connectivity index (χ0v) is 15.7. The summed E-state index contributed by atoms with van der Waals surface area (Å²) in [5, 5.41) is 11.4. The molecular formula is C17H14N8O2S. The van der Waals surface area contributed by atoms with E-state index in [1.54, 1.807) is 7.05 Å². The van der Waals surface area contributed by atoms with E-state index < -0.39 is 5.56 Å². The van der Waals surface area contributed by atoms with E-state index in [-0.39, 0.29) is 33.1 Å². The van der Waals surface area contributed by atoms with Gasteiger partial charge in [0.1, 0.15) is 11.4 Å². The number of aryl methyl sites for hydroxylation is 2. The standard InChI is InChI=1S/C17H14N8O2S/c1-8-14(26)25(17(28)23-22-8)19-7-10-12-13(21-16(18)20-10)9-5-3-4-6-11(9)24(2)15(12)27/h3-7H,1-2H3,(H,23,28)(H2,18,20,21)/b19-7+. The van der Waals surface area contributed by atoms with Crippen LogP contribution in [0.5, 0.6) is 0 Å². The van der Waals surface area contributed by atoms with Crippen LogP contribution in [0.15, 0.2) is 39.0 Å². The predicted molar refractivity (Wildman–Crippen MR) is 108 cm³/mol. The molecule has 0 radical (unpaired) electrons. The molecule has 0 aliphatic heterocycles. The molecule has 0 fully saturated rings. The van der Waals surface area contributed by atoms with E-state index in [9.17, 15) is 9.59 Å². The van der Waals surface area contributed by atoms with Crippen LogP contribution in [0.1, 0.15) is 11.4 Å². The Kier molecular flexibility index (Phi) is 4.08. The van der Waals surface area contributed by atoms with Crippen molar-refractivity contribution in [3.8, 4) is 0 Å². The van der Waals surface area contributed by atoms with Gasteiger partial charge in [-0.05, 0) is 25.2 Å². The number of aromatic nitrogens is 6. The number of hydrogen-bond acceptors (Lipinski definition) is 8. The fourth-order valence-electron chi connectivity index (χ4n) is 2.93. The summed E-state index contributed by atoms with van der Waals surface area (Å²) in [6.45, 7) is 1.53. The Balaban J connectivity index is 2.07. The van der Waals surface area contributed by atoms with Crippen LogP contribution in [0.25, 0.3) is 21.8 Å². The molecule has 10 nitrogen and oxygen atoms in total. The number of aromatic amines is 1. The number of rotatable bonds is 2. The summed E-state index contributed by atoms with van der Waals surface area (Å²) in [5.74, 6) is -0.0178. The van der Waals surface area contributed by atoms with Crippen LogP contribution in [0.2, 0.25) is 0 Å². The zero-order valence-electron chi connectivity index (χ0n) is 14.9. The summed E-state index contributed by atoms with van der Waals surface area (Å²) < 4.78 is 2.48. The highest BCUT2D eigenvalue weighted by Crippen LogP contribution is 2.22. The Hall–Kier alpha value is -3.73. The van der Waals surface area contributed by atoms with Gasteiger partial charge in [0.05, 0.1) is 22.6 Å². The first-order valence-electron chi connectivity index (χ1n) is 8.16. The van der Waals surface area contributed by atoms with Crippen LogP contribution in [-0.4, -0.2) is 35.6 Å². The lowest BCUT2D eigenvalue weighted by atomic mass is 10.1. The number of benzene rings is 1. The van der Waals surface area contributed by atoms with E-state index in [1.165, 1.54) is 17.7 Å². The number of anilines is 1. The van der Waals surface area contributed by atoms with Crippen molar-refractivity contribution in [2.24, 2.45) is 12.1 Å². The third-order valence-corrected chi connectivity index (χ3v) is 4.57. The number of para-hydroxylation sites is 1. The number of nitrogens with two attached hydrogens (primary N) is 1. The smallest absolute Gasteiger partial charge is 0.296 e. The van der Waals surface area contributed by atoms with Gasteiger partial charge in [-0.15, -0.1) is 0 Å². The van der Waals surface area contributed by atoms with Gasteiger partial charge in [0.2, 0.25) is 10.7 Å². The molecule has 1 aromatic carbocycles. The van der Waals surface area contributed by atoms with Gasteiger partial charge in [-0.2, -0.15) is 14.9 Å². The maximum absolute atomic E-state index is 12.9. The van der Waals surface area contributed by atoms with E-state index in [0.29, 0.717) is 11.0 Å². The number of fused-ring (bicyclic) bond motifs is 3. The number of nitrogens with one attached hydrogen (secondary N) is 1. The highest BCUT2D eigenvalue weighted by molar-refractivity contribution is 7.71. The summed E-state index contributed by atoms with van der Waals surface area (Å²) in [6, 6.07) is 7.34. The van der Waals surface area contributed by atoms with E-state index in [1.807, 2.05) is 24.3 Å². The average molecular weight is 394 g/mol. The molecule has 0 aliphatic rings. The lowest BCUT2D eigenvalue weighted by molar-refractivity contribution is 0.720. The van der Waals surface area contributed by atoms with Crippen LogP contribution in [0.4, 0.5) is 5.95 Å². The van der Waals surface area contributed by atoms with Crippen molar-refractivity contribution in [2.75, 3.05) is 5.73 Å². The first-order valence-corrected chi connectivity index (χ1v) is 8.57. The number of nitrogens with zero attached hydrogens (tertiary/aromatic N) is 6. The molecule has 0 saturated carbocycles. The molecule has 0 atom stereocenters. The highest BCUT2D eigenvalue weighted by Gasteiger charge is 2.15. The molecule has 0 aliphatic carbocycles. The molecule has 4 rings (SSSR count). The third-order valence-electron chi connectivity index (χ3n) is 4.30. The first-order chi connectivity index (χ1) is 13.4. The Bertz CT molecular complexity index is 1460. The second-order valence-electron chi connectivity index (χ2n) is 6.05. The van der Waals surface area contributed by atoms with E-state index in [2.05, 4.69) is 25.3 Å². The Morgan fingerprint density at radius 3 is 2.75 bits per heavy atom. The summed E-state index contributed by atoms with van der Waals surface area (Å²) in [6.07, 6.45) is 1.26. The lowest BCUT2D eigenvalue weighted by Gasteiger charge is -2.10. The second kappa shape index (κ2) is 6.46. The highest BCUT2D eigenvalue weighted by atomic mass is 32.1. The summed E-state index contributed by atoms with van der Waals surface area (Å²) in [5.41, 5.74) is 6.57. The minimum Gasteiger partial charge on any atom is -0.368 e. The van der Waals surface area contributed by atoms with Gasteiger partial charge in [-0.3, -0.25) is 14.7 Å². The Morgan fingerprint density at radius 1 is 1.21 bits per heavy atom. The molecule has 3 N–H and O–H groups in total. The van der Waals surface area contributed by atoms with Crippen LogP contribution in [0, 0.1) is 11.7 Å². The van der Waals surface area contributed by atoms with E-state index >= 15 is 0 Å². The molecule has 0 saturated heterocycles. The maximum Gasteiger partial charge on any atom is 0.296 e. The maximum atomic E-state index is 12.9. The largest absolute Gasteiger partial charge is 0.368 e. The number of pyridine rings is 1.